The average molecular weight is 648 g/mol. The fraction of sp³-hybridized carbons (Fsp3) is 0.256. The quantitative estimate of drug-likeness (QED) is 0.137. The molecule has 1 unspecified atom stereocenters. The summed E-state index contributed by atoms with van der Waals surface area (Å²) < 4.78 is 11.6. The maximum absolute atomic E-state index is 13.1. The number of benzene rings is 4. The summed E-state index contributed by atoms with van der Waals surface area (Å²) in [4.78, 5) is 32.8. The van der Waals surface area contributed by atoms with Crippen molar-refractivity contribution in [3.05, 3.63) is 137 Å². The van der Waals surface area contributed by atoms with Crippen molar-refractivity contribution in [1.29, 1.82) is 0 Å². The number of nitrogens with one attached hydrogen (secondary N) is 1. The number of hydrogen-bond acceptors (Lipinski definition) is 6. The van der Waals surface area contributed by atoms with Gasteiger partial charge in [0.1, 0.15) is 11.7 Å². The summed E-state index contributed by atoms with van der Waals surface area (Å²) in [6.45, 7) is 6.70. The minimum atomic E-state index is -0.623. The number of carbonyl (C=O) groups is 2. The van der Waals surface area contributed by atoms with E-state index in [0.717, 1.165) is 38.3 Å². The summed E-state index contributed by atoms with van der Waals surface area (Å²) in [6.07, 6.45) is 1.43. The molecule has 5 aromatic rings. The van der Waals surface area contributed by atoms with Gasteiger partial charge in [0.05, 0.1) is 10.4 Å². The van der Waals surface area contributed by atoms with Crippen molar-refractivity contribution >= 4 is 23.5 Å². The number of rotatable bonds is 12. The second-order valence-corrected chi connectivity index (χ2v) is 13.2. The summed E-state index contributed by atoms with van der Waals surface area (Å²) in [5.74, 6) is 0. The molecule has 8 heteroatoms. The number of hydrogen-bond donors (Lipinski definition) is 1. The van der Waals surface area contributed by atoms with E-state index in [-0.39, 0.29) is 0 Å². The molecule has 0 spiro atoms. The van der Waals surface area contributed by atoms with Crippen LogP contribution in [-0.4, -0.2) is 40.8 Å². The first-order valence-corrected chi connectivity index (χ1v) is 16.7. The molecule has 1 heterocycles. The lowest BCUT2D eigenvalue weighted by atomic mass is 10.0. The van der Waals surface area contributed by atoms with Gasteiger partial charge in [-0.15, -0.1) is 11.3 Å². The van der Waals surface area contributed by atoms with Crippen LogP contribution in [0.25, 0.3) is 22.3 Å². The molecule has 1 aromatic heterocycles. The number of aromatic nitrogens is 1. The number of thiazole rings is 1. The number of ether oxygens (including phenoxy) is 2. The van der Waals surface area contributed by atoms with Gasteiger partial charge in [0.25, 0.3) is 0 Å². The van der Waals surface area contributed by atoms with Crippen molar-refractivity contribution in [3.63, 3.8) is 0 Å². The van der Waals surface area contributed by atoms with Gasteiger partial charge in [0, 0.05) is 32.3 Å². The summed E-state index contributed by atoms with van der Waals surface area (Å²) in [5.41, 5.74) is 7.70. The molecule has 5 rings (SSSR count). The van der Waals surface area contributed by atoms with Crippen LogP contribution >= 0.6 is 11.3 Å². The van der Waals surface area contributed by atoms with Crippen LogP contribution in [0.4, 0.5) is 9.59 Å². The third-order valence-electron chi connectivity index (χ3n) is 7.46. The molecule has 0 saturated heterocycles. The fourth-order valence-corrected chi connectivity index (χ4v) is 5.76. The molecular formula is C39H41N3O4S. The molecule has 7 nitrogen and oxygen atoms in total. The number of carbonyl (C=O) groups excluding carboxylic acids is 2. The Bertz CT molecular complexity index is 1690. The topological polar surface area (TPSA) is 80.8 Å². The Morgan fingerprint density at radius 2 is 1.34 bits per heavy atom. The average Bonchev–Trinajstić information content (AvgIpc) is 3.62. The Kier molecular flexibility index (Phi) is 11.4. The van der Waals surface area contributed by atoms with E-state index in [9.17, 15) is 9.59 Å². The van der Waals surface area contributed by atoms with Crippen LogP contribution in [-0.2, 0) is 22.4 Å². The summed E-state index contributed by atoms with van der Waals surface area (Å²) in [6, 6.07) is 36.9. The molecule has 0 aliphatic rings. The van der Waals surface area contributed by atoms with Crippen molar-refractivity contribution in [3.8, 4) is 22.3 Å². The SMILES string of the molecule is CC(C)(C)OC(=O)N(CCCNC(=O)OC(Cc1ccc(-c2ccccc2)cc1)c1cncs1)Cc1ccc(-c2ccccc2)cc1. The van der Waals surface area contributed by atoms with E-state index < -0.39 is 23.9 Å². The Hall–Kier alpha value is -4.95. The van der Waals surface area contributed by atoms with E-state index in [2.05, 4.69) is 71.0 Å². The van der Waals surface area contributed by atoms with Gasteiger partial charge in [0.2, 0.25) is 0 Å². The van der Waals surface area contributed by atoms with Gasteiger partial charge in [-0.3, -0.25) is 4.98 Å². The molecule has 2 amide bonds. The maximum atomic E-state index is 13.1. The highest BCUT2D eigenvalue weighted by Gasteiger charge is 2.23. The van der Waals surface area contributed by atoms with Crippen molar-refractivity contribution < 1.29 is 19.1 Å². The van der Waals surface area contributed by atoms with E-state index in [1.165, 1.54) is 11.3 Å². The van der Waals surface area contributed by atoms with Crippen LogP contribution in [0.2, 0.25) is 0 Å². The van der Waals surface area contributed by atoms with Crippen LogP contribution in [0.3, 0.4) is 0 Å². The molecule has 1 atom stereocenters. The lowest BCUT2D eigenvalue weighted by Gasteiger charge is -2.27. The van der Waals surface area contributed by atoms with Crippen molar-refractivity contribution in [2.45, 2.75) is 51.9 Å². The van der Waals surface area contributed by atoms with E-state index in [0.29, 0.717) is 32.5 Å². The van der Waals surface area contributed by atoms with Gasteiger partial charge in [-0.1, -0.05) is 109 Å². The maximum Gasteiger partial charge on any atom is 0.410 e. The van der Waals surface area contributed by atoms with E-state index in [4.69, 9.17) is 9.47 Å². The first-order valence-electron chi connectivity index (χ1n) is 15.8. The lowest BCUT2D eigenvalue weighted by Crippen LogP contribution is -2.38. The zero-order valence-corrected chi connectivity index (χ0v) is 27.9. The first kappa shape index (κ1) is 33.4. The van der Waals surface area contributed by atoms with Gasteiger partial charge in [0.15, 0.2) is 0 Å². The standard InChI is InChI=1S/C39H41N3O4S/c1-39(2,3)46-38(44)42(27-30-17-21-34(22-18-30)32-13-8-5-9-14-32)24-10-23-41-37(43)45-35(36-26-40-28-47-36)25-29-15-19-33(20-16-29)31-11-6-4-7-12-31/h4-9,11-22,26,28,35H,10,23-25,27H2,1-3H3,(H,41,43). The second kappa shape index (κ2) is 16.1. The van der Waals surface area contributed by atoms with Crippen LogP contribution in [0, 0.1) is 0 Å². The van der Waals surface area contributed by atoms with Crippen LogP contribution in [0.1, 0.15) is 49.3 Å². The van der Waals surface area contributed by atoms with E-state index >= 15 is 0 Å². The van der Waals surface area contributed by atoms with Crippen LogP contribution in [0.5, 0.6) is 0 Å². The Morgan fingerprint density at radius 1 is 0.787 bits per heavy atom. The van der Waals surface area contributed by atoms with Gasteiger partial charge in [-0.05, 0) is 60.6 Å². The Morgan fingerprint density at radius 3 is 1.87 bits per heavy atom. The molecule has 0 aliphatic carbocycles. The molecule has 0 saturated carbocycles. The Labute approximate surface area is 281 Å². The van der Waals surface area contributed by atoms with Gasteiger partial charge >= 0.3 is 12.2 Å². The third kappa shape index (κ3) is 10.3. The molecule has 1 N–H and O–H groups in total. The summed E-state index contributed by atoms with van der Waals surface area (Å²) in [5, 5.41) is 2.87. The second-order valence-electron chi connectivity index (χ2n) is 12.3. The molecule has 0 radical (unpaired) electrons. The zero-order valence-electron chi connectivity index (χ0n) is 27.1. The van der Waals surface area contributed by atoms with Crippen LogP contribution in [0.15, 0.2) is 121 Å². The van der Waals surface area contributed by atoms with Crippen molar-refractivity contribution in [2.75, 3.05) is 13.1 Å². The fourth-order valence-electron chi connectivity index (χ4n) is 5.11. The predicted octanol–water partition coefficient (Wildman–Crippen LogP) is 9.31. The highest BCUT2D eigenvalue weighted by atomic mass is 32.1. The minimum Gasteiger partial charge on any atom is -0.444 e. The highest BCUT2D eigenvalue weighted by molar-refractivity contribution is 7.09. The number of amides is 2. The van der Waals surface area contributed by atoms with Gasteiger partial charge in [-0.25, -0.2) is 9.59 Å². The zero-order chi connectivity index (χ0) is 33.1. The molecule has 0 bridgehead atoms. The molecule has 0 aliphatic heterocycles. The van der Waals surface area contributed by atoms with E-state index in [1.54, 1.807) is 16.6 Å². The largest absolute Gasteiger partial charge is 0.444 e. The predicted molar refractivity (Wildman–Crippen MR) is 188 cm³/mol. The van der Waals surface area contributed by atoms with Crippen molar-refractivity contribution in [1.82, 2.24) is 15.2 Å². The monoisotopic (exact) mass is 647 g/mol. The highest BCUT2D eigenvalue weighted by Crippen LogP contribution is 2.27. The lowest BCUT2D eigenvalue weighted by molar-refractivity contribution is 0.0231. The molecule has 242 valence electrons. The summed E-state index contributed by atoms with van der Waals surface area (Å²) in [7, 11) is 0. The first-order chi connectivity index (χ1) is 22.7. The number of alkyl carbamates (subject to hydrolysis) is 1. The molecule has 0 fully saturated rings. The normalized spacial score (nSPS) is 11.8. The Balaban J connectivity index is 1.16. The molecule has 4 aromatic carbocycles. The van der Waals surface area contributed by atoms with Gasteiger partial charge < -0.3 is 19.7 Å². The van der Waals surface area contributed by atoms with E-state index in [1.807, 2.05) is 69.3 Å². The third-order valence-corrected chi connectivity index (χ3v) is 8.33. The number of nitrogens with zero attached hydrogens (tertiary/aromatic N) is 2. The smallest absolute Gasteiger partial charge is 0.410 e. The minimum absolute atomic E-state index is 0.340. The summed E-state index contributed by atoms with van der Waals surface area (Å²) >= 11 is 1.46. The van der Waals surface area contributed by atoms with Crippen LogP contribution < -0.4 is 5.32 Å². The molecular weight excluding hydrogens is 607 g/mol. The molecule has 47 heavy (non-hydrogen) atoms. The van der Waals surface area contributed by atoms with Crippen molar-refractivity contribution in [2.24, 2.45) is 0 Å². The van der Waals surface area contributed by atoms with Gasteiger partial charge in [-0.2, -0.15) is 0 Å².